The van der Waals surface area contributed by atoms with Gasteiger partial charge in [-0.25, -0.2) is 4.68 Å². The summed E-state index contributed by atoms with van der Waals surface area (Å²) in [6.07, 6.45) is 3.40. The van der Waals surface area contributed by atoms with E-state index in [2.05, 4.69) is 40.5 Å². The van der Waals surface area contributed by atoms with Gasteiger partial charge in [0.15, 0.2) is 0 Å². The molecule has 5 nitrogen and oxygen atoms in total. The van der Waals surface area contributed by atoms with E-state index in [9.17, 15) is 0 Å². The number of hydrogen-bond acceptors (Lipinski definition) is 4. The van der Waals surface area contributed by atoms with Gasteiger partial charge in [-0.2, -0.15) is 5.10 Å². The first-order chi connectivity index (χ1) is 14.7. The Balaban J connectivity index is 1.46. The van der Waals surface area contributed by atoms with Crippen LogP contribution in [0.1, 0.15) is 35.6 Å². The molecule has 0 radical (unpaired) electrons. The third kappa shape index (κ3) is 3.68. The Kier molecular flexibility index (Phi) is 5.40. The molecular formula is C24H27ClN4O. The second-order valence-electron chi connectivity index (χ2n) is 8.18. The lowest BCUT2D eigenvalue weighted by molar-refractivity contribution is 0.198. The van der Waals surface area contributed by atoms with Crippen LogP contribution in [0.25, 0.3) is 5.69 Å². The van der Waals surface area contributed by atoms with E-state index in [0.29, 0.717) is 10.9 Å². The summed E-state index contributed by atoms with van der Waals surface area (Å²) in [6, 6.07) is 16.4. The van der Waals surface area contributed by atoms with E-state index in [1.54, 1.807) is 7.11 Å². The van der Waals surface area contributed by atoms with Gasteiger partial charge >= 0.3 is 0 Å². The SMILES string of the molecule is COc1ccc(Cl)cc1-n1nc(C2CCCN(Cc3ccccc3)C2)c2c1NCC2. The normalized spacial score (nSPS) is 18.8. The number of methoxy groups -OCH3 is 1. The highest BCUT2D eigenvalue weighted by Gasteiger charge is 2.31. The van der Waals surface area contributed by atoms with Crippen molar-refractivity contribution in [1.29, 1.82) is 0 Å². The molecule has 0 bridgehead atoms. The third-order valence-corrected chi connectivity index (χ3v) is 6.43. The van der Waals surface area contributed by atoms with Crippen molar-refractivity contribution in [3.8, 4) is 11.4 Å². The van der Waals surface area contributed by atoms with Crippen molar-refractivity contribution < 1.29 is 4.74 Å². The minimum absolute atomic E-state index is 0.447. The van der Waals surface area contributed by atoms with E-state index in [1.165, 1.54) is 29.7 Å². The number of rotatable bonds is 5. The number of piperidine rings is 1. The number of aromatic nitrogens is 2. The third-order valence-electron chi connectivity index (χ3n) is 6.19. The monoisotopic (exact) mass is 422 g/mol. The zero-order chi connectivity index (χ0) is 20.5. The van der Waals surface area contributed by atoms with Crippen LogP contribution in [0.2, 0.25) is 5.02 Å². The standard InChI is InChI=1S/C24H27ClN4O/c1-30-22-10-9-19(25)14-21(22)29-24-20(11-12-26-24)23(27-29)18-8-5-13-28(16-18)15-17-6-3-2-4-7-17/h2-4,6-7,9-10,14,18,26H,5,8,11-13,15-16H2,1H3. The van der Waals surface area contributed by atoms with Gasteiger partial charge in [-0.3, -0.25) is 4.90 Å². The summed E-state index contributed by atoms with van der Waals surface area (Å²) in [5.74, 6) is 2.31. The molecule has 0 amide bonds. The molecule has 0 aliphatic carbocycles. The Bertz CT molecular complexity index is 1030. The molecule has 1 unspecified atom stereocenters. The predicted molar refractivity (Wildman–Crippen MR) is 121 cm³/mol. The van der Waals surface area contributed by atoms with Crippen molar-refractivity contribution in [2.75, 3.05) is 32.1 Å². The van der Waals surface area contributed by atoms with Gasteiger partial charge < -0.3 is 10.1 Å². The van der Waals surface area contributed by atoms with Crippen LogP contribution in [-0.4, -0.2) is 41.4 Å². The molecule has 3 aromatic rings. The second kappa shape index (κ2) is 8.32. The van der Waals surface area contributed by atoms with Gasteiger partial charge in [0.05, 0.1) is 12.8 Å². The van der Waals surface area contributed by atoms with Crippen molar-refractivity contribution in [2.45, 2.75) is 31.7 Å². The van der Waals surface area contributed by atoms with Crippen molar-refractivity contribution >= 4 is 17.4 Å². The summed E-state index contributed by atoms with van der Waals surface area (Å²) in [5.41, 5.74) is 4.84. The summed E-state index contributed by atoms with van der Waals surface area (Å²) < 4.78 is 7.60. The highest BCUT2D eigenvalue weighted by molar-refractivity contribution is 6.30. The van der Waals surface area contributed by atoms with Crippen LogP contribution in [0.4, 0.5) is 5.82 Å². The molecule has 1 N–H and O–H groups in total. The summed E-state index contributed by atoms with van der Waals surface area (Å²) in [4.78, 5) is 2.57. The molecule has 3 heterocycles. The van der Waals surface area contributed by atoms with E-state index >= 15 is 0 Å². The highest BCUT2D eigenvalue weighted by atomic mass is 35.5. The maximum Gasteiger partial charge on any atom is 0.144 e. The van der Waals surface area contributed by atoms with Crippen LogP contribution in [0.3, 0.4) is 0 Å². The predicted octanol–water partition coefficient (Wildman–Crippen LogP) is 4.88. The zero-order valence-electron chi connectivity index (χ0n) is 17.3. The summed E-state index contributed by atoms with van der Waals surface area (Å²) >= 11 is 6.30. The second-order valence-corrected chi connectivity index (χ2v) is 8.61. The number of nitrogens with zero attached hydrogens (tertiary/aromatic N) is 3. The van der Waals surface area contributed by atoms with E-state index in [1.807, 2.05) is 22.9 Å². The molecule has 30 heavy (non-hydrogen) atoms. The van der Waals surface area contributed by atoms with Crippen LogP contribution < -0.4 is 10.1 Å². The number of halogens is 1. The molecule has 1 aromatic heterocycles. The molecule has 1 saturated heterocycles. The molecule has 2 aromatic carbocycles. The van der Waals surface area contributed by atoms with Gasteiger partial charge in [0.2, 0.25) is 0 Å². The average Bonchev–Trinajstić information content (AvgIpc) is 3.37. The molecule has 2 aliphatic heterocycles. The maximum absolute atomic E-state index is 6.30. The molecule has 2 aliphatic rings. The zero-order valence-corrected chi connectivity index (χ0v) is 18.0. The van der Waals surface area contributed by atoms with Crippen molar-refractivity contribution in [3.05, 3.63) is 70.4 Å². The molecular weight excluding hydrogens is 396 g/mol. The highest BCUT2D eigenvalue weighted by Crippen LogP contribution is 2.38. The first kappa shape index (κ1) is 19.5. The van der Waals surface area contributed by atoms with Gasteiger partial charge in [-0.15, -0.1) is 0 Å². The van der Waals surface area contributed by atoms with Crippen molar-refractivity contribution in [2.24, 2.45) is 0 Å². The maximum atomic E-state index is 6.30. The Hall–Kier alpha value is -2.50. The molecule has 6 heteroatoms. The summed E-state index contributed by atoms with van der Waals surface area (Å²) in [6.45, 7) is 4.14. The molecule has 1 atom stereocenters. The van der Waals surface area contributed by atoms with E-state index in [4.69, 9.17) is 21.4 Å². The number of ether oxygens (including phenoxy) is 1. The molecule has 1 fully saturated rings. The fourth-order valence-electron chi connectivity index (χ4n) is 4.80. The van der Waals surface area contributed by atoms with Crippen LogP contribution in [0.5, 0.6) is 5.75 Å². The smallest absolute Gasteiger partial charge is 0.144 e. The summed E-state index contributed by atoms with van der Waals surface area (Å²) in [5, 5.41) is 9.32. The van der Waals surface area contributed by atoms with Crippen molar-refractivity contribution in [3.63, 3.8) is 0 Å². The van der Waals surface area contributed by atoms with E-state index in [-0.39, 0.29) is 0 Å². The van der Waals surface area contributed by atoms with Gasteiger partial charge in [-0.05, 0) is 49.6 Å². The number of hydrogen-bond donors (Lipinski definition) is 1. The Morgan fingerprint density at radius 3 is 2.90 bits per heavy atom. The molecule has 156 valence electrons. The number of benzene rings is 2. The number of likely N-dealkylation sites (tertiary alicyclic amines) is 1. The van der Waals surface area contributed by atoms with Gasteiger partial charge in [0.1, 0.15) is 17.3 Å². The Morgan fingerprint density at radius 1 is 1.20 bits per heavy atom. The van der Waals surface area contributed by atoms with Gasteiger partial charge in [0, 0.05) is 36.1 Å². The van der Waals surface area contributed by atoms with Crippen LogP contribution in [0.15, 0.2) is 48.5 Å². The van der Waals surface area contributed by atoms with E-state index in [0.717, 1.165) is 49.9 Å². The van der Waals surface area contributed by atoms with Crippen LogP contribution in [0, 0.1) is 0 Å². The molecule has 0 saturated carbocycles. The summed E-state index contributed by atoms with van der Waals surface area (Å²) in [7, 11) is 1.69. The van der Waals surface area contributed by atoms with Crippen molar-refractivity contribution in [1.82, 2.24) is 14.7 Å². The van der Waals surface area contributed by atoms with E-state index < -0.39 is 0 Å². The minimum Gasteiger partial charge on any atom is -0.494 e. The van der Waals surface area contributed by atoms with Gasteiger partial charge in [-0.1, -0.05) is 41.9 Å². The molecule has 0 spiro atoms. The lowest BCUT2D eigenvalue weighted by Gasteiger charge is -2.32. The number of anilines is 1. The topological polar surface area (TPSA) is 42.3 Å². The number of nitrogens with one attached hydrogen (secondary N) is 1. The Labute approximate surface area is 182 Å². The molecule has 5 rings (SSSR count). The van der Waals surface area contributed by atoms with Crippen LogP contribution in [-0.2, 0) is 13.0 Å². The van der Waals surface area contributed by atoms with Crippen LogP contribution >= 0.6 is 11.6 Å². The quantitative estimate of drug-likeness (QED) is 0.636. The first-order valence-electron chi connectivity index (χ1n) is 10.7. The average molecular weight is 423 g/mol. The first-order valence-corrected chi connectivity index (χ1v) is 11.1. The fraction of sp³-hybridized carbons (Fsp3) is 0.375. The minimum atomic E-state index is 0.447. The van der Waals surface area contributed by atoms with Gasteiger partial charge in [0.25, 0.3) is 0 Å². The lowest BCUT2D eigenvalue weighted by atomic mass is 9.91. The lowest BCUT2D eigenvalue weighted by Crippen LogP contribution is -2.34. The number of fused-ring (bicyclic) bond motifs is 1. The Morgan fingerprint density at radius 2 is 2.07 bits per heavy atom. The fourth-order valence-corrected chi connectivity index (χ4v) is 4.96. The largest absolute Gasteiger partial charge is 0.494 e.